The van der Waals surface area contributed by atoms with Gasteiger partial charge < -0.3 is 10.1 Å². The first-order chi connectivity index (χ1) is 9.28. The van der Waals surface area contributed by atoms with Crippen molar-refractivity contribution in [2.45, 2.75) is 6.54 Å². The second kappa shape index (κ2) is 6.76. The predicted molar refractivity (Wildman–Crippen MR) is 76.8 cm³/mol. The lowest BCUT2D eigenvalue weighted by Gasteiger charge is -2.08. The molecule has 0 amide bonds. The summed E-state index contributed by atoms with van der Waals surface area (Å²) < 4.78 is 6.06. The minimum absolute atomic E-state index is 0.0522. The standard InChI is InChI=1S/C14H12BrN3O/c15-14-6-2-4-12(18-14)10-17-11-3-1-5-13(9-11)19-8-7-16/h1-6,9,17H,8,10H2. The Morgan fingerprint density at radius 1 is 1.26 bits per heavy atom. The highest BCUT2D eigenvalue weighted by atomic mass is 79.9. The van der Waals surface area contributed by atoms with Crippen molar-refractivity contribution in [3.63, 3.8) is 0 Å². The lowest BCUT2D eigenvalue weighted by atomic mass is 10.3. The number of ether oxygens (including phenoxy) is 1. The summed E-state index contributed by atoms with van der Waals surface area (Å²) in [5, 5.41) is 11.7. The summed E-state index contributed by atoms with van der Waals surface area (Å²) in [6, 6.07) is 15.2. The number of halogens is 1. The number of pyridine rings is 1. The Bertz CT molecular complexity index is 595. The number of anilines is 1. The SMILES string of the molecule is N#CCOc1cccc(NCc2cccc(Br)n2)c1. The highest BCUT2D eigenvalue weighted by Crippen LogP contribution is 2.18. The van der Waals surface area contributed by atoms with E-state index in [1.54, 1.807) is 0 Å². The summed E-state index contributed by atoms with van der Waals surface area (Å²) in [5.74, 6) is 0.675. The zero-order valence-electron chi connectivity index (χ0n) is 10.1. The van der Waals surface area contributed by atoms with Crippen LogP contribution < -0.4 is 10.1 Å². The molecule has 5 heteroatoms. The molecule has 0 spiro atoms. The Morgan fingerprint density at radius 3 is 2.89 bits per heavy atom. The smallest absolute Gasteiger partial charge is 0.174 e. The molecule has 0 atom stereocenters. The zero-order valence-corrected chi connectivity index (χ0v) is 11.7. The van der Waals surface area contributed by atoms with Crippen molar-refractivity contribution in [3.05, 3.63) is 52.8 Å². The summed E-state index contributed by atoms with van der Waals surface area (Å²) in [4.78, 5) is 4.34. The minimum atomic E-state index is 0.0522. The van der Waals surface area contributed by atoms with Gasteiger partial charge in [0.2, 0.25) is 0 Å². The fraction of sp³-hybridized carbons (Fsp3) is 0.143. The Labute approximate surface area is 120 Å². The number of rotatable bonds is 5. The van der Waals surface area contributed by atoms with Crippen LogP contribution in [0.15, 0.2) is 47.1 Å². The Balaban J connectivity index is 1.98. The Morgan fingerprint density at radius 2 is 2.11 bits per heavy atom. The Kier molecular flexibility index (Phi) is 4.76. The quantitative estimate of drug-likeness (QED) is 0.859. The summed E-state index contributed by atoms with van der Waals surface area (Å²) >= 11 is 3.34. The number of hydrogen-bond donors (Lipinski definition) is 1. The summed E-state index contributed by atoms with van der Waals surface area (Å²) in [6.45, 7) is 0.678. The maximum Gasteiger partial charge on any atom is 0.174 e. The number of nitrogens with one attached hydrogen (secondary N) is 1. The molecule has 0 bridgehead atoms. The molecule has 0 unspecified atom stereocenters. The molecule has 1 heterocycles. The minimum Gasteiger partial charge on any atom is -0.479 e. The van der Waals surface area contributed by atoms with Crippen molar-refractivity contribution in [1.29, 1.82) is 5.26 Å². The molecule has 0 aliphatic rings. The third kappa shape index (κ3) is 4.27. The number of nitriles is 1. The Hall–Kier alpha value is -2.06. The van der Waals surface area contributed by atoms with Gasteiger partial charge in [-0.3, -0.25) is 0 Å². The molecule has 4 nitrogen and oxygen atoms in total. The largest absolute Gasteiger partial charge is 0.479 e. The molecular formula is C14H12BrN3O. The molecule has 0 aliphatic heterocycles. The molecule has 0 radical (unpaired) electrons. The van der Waals surface area contributed by atoms with E-state index in [0.717, 1.165) is 16.0 Å². The van der Waals surface area contributed by atoms with Gasteiger partial charge in [-0.15, -0.1) is 0 Å². The normalized spacial score (nSPS) is 9.68. The highest BCUT2D eigenvalue weighted by Gasteiger charge is 1.98. The number of benzene rings is 1. The van der Waals surface area contributed by atoms with Crippen molar-refractivity contribution in [2.75, 3.05) is 11.9 Å². The van der Waals surface area contributed by atoms with Crippen LogP contribution in [0.3, 0.4) is 0 Å². The van der Waals surface area contributed by atoms with Crippen molar-refractivity contribution >= 4 is 21.6 Å². The average molecular weight is 318 g/mol. The van der Waals surface area contributed by atoms with Crippen LogP contribution in [-0.2, 0) is 6.54 Å². The number of nitrogens with zero attached hydrogens (tertiary/aromatic N) is 2. The van der Waals surface area contributed by atoms with Crippen LogP contribution >= 0.6 is 15.9 Å². The maximum atomic E-state index is 8.47. The van der Waals surface area contributed by atoms with E-state index in [1.165, 1.54) is 0 Å². The molecular weight excluding hydrogens is 306 g/mol. The van der Waals surface area contributed by atoms with Gasteiger partial charge in [0.05, 0.1) is 12.2 Å². The van der Waals surface area contributed by atoms with Crippen molar-refractivity contribution in [2.24, 2.45) is 0 Å². The van der Waals surface area contributed by atoms with Crippen LogP contribution in [0, 0.1) is 11.3 Å². The summed E-state index contributed by atoms with van der Waals surface area (Å²) in [7, 11) is 0. The molecule has 0 aliphatic carbocycles. The van der Waals surface area contributed by atoms with E-state index in [-0.39, 0.29) is 6.61 Å². The first-order valence-corrected chi connectivity index (χ1v) is 6.52. The van der Waals surface area contributed by atoms with Gasteiger partial charge in [-0.1, -0.05) is 12.1 Å². The van der Waals surface area contributed by atoms with Gasteiger partial charge in [0.25, 0.3) is 0 Å². The molecule has 0 saturated carbocycles. The maximum absolute atomic E-state index is 8.47. The average Bonchev–Trinajstić information content (AvgIpc) is 2.43. The van der Waals surface area contributed by atoms with Gasteiger partial charge >= 0.3 is 0 Å². The van der Waals surface area contributed by atoms with Gasteiger partial charge in [0.15, 0.2) is 6.61 Å². The lowest BCUT2D eigenvalue weighted by molar-refractivity contribution is 0.368. The topological polar surface area (TPSA) is 57.9 Å². The van der Waals surface area contributed by atoms with Gasteiger partial charge in [-0.05, 0) is 40.2 Å². The van der Waals surface area contributed by atoms with Crippen molar-refractivity contribution < 1.29 is 4.74 Å². The van der Waals surface area contributed by atoms with Gasteiger partial charge in [0, 0.05) is 11.8 Å². The van der Waals surface area contributed by atoms with Gasteiger partial charge in [-0.25, -0.2) is 4.98 Å². The van der Waals surface area contributed by atoms with Crippen molar-refractivity contribution in [1.82, 2.24) is 4.98 Å². The van der Waals surface area contributed by atoms with Gasteiger partial charge in [0.1, 0.15) is 16.4 Å². The van der Waals surface area contributed by atoms with Crippen LogP contribution in [0.5, 0.6) is 5.75 Å². The van der Waals surface area contributed by atoms with Crippen LogP contribution in [0.4, 0.5) is 5.69 Å². The van der Waals surface area contributed by atoms with Crippen LogP contribution in [0.2, 0.25) is 0 Å². The van der Waals surface area contributed by atoms with Crippen LogP contribution in [-0.4, -0.2) is 11.6 Å². The van der Waals surface area contributed by atoms with E-state index in [9.17, 15) is 0 Å². The van der Waals surface area contributed by atoms with E-state index in [2.05, 4.69) is 26.2 Å². The highest BCUT2D eigenvalue weighted by molar-refractivity contribution is 9.10. The molecule has 0 saturated heterocycles. The zero-order chi connectivity index (χ0) is 13.5. The molecule has 96 valence electrons. The molecule has 1 N–H and O–H groups in total. The van der Waals surface area contributed by atoms with E-state index in [0.29, 0.717) is 12.3 Å². The molecule has 1 aromatic heterocycles. The molecule has 2 aromatic rings. The first kappa shape index (κ1) is 13.4. The fourth-order valence-corrected chi connectivity index (χ4v) is 1.93. The molecule has 1 aromatic carbocycles. The van der Waals surface area contributed by atoms with Crippen LogP contribution in [0.1, 0.15) is 5.69 Å². The number of aromatic nitrogens is 1. The van der Waals surface area contributed by atoms with E-state index in [1.807, 2.05) is 48.5 Å². The number of hydrogen-bond acceptors (Lipinski definition) is 4. The van der Waals surface area contributed by atoms with E-state index in [4.69, 9.17) is 10.00 Å². The van der Waals surface area contributed by atoms with Crippen molar-refractivity contribution in [3.8, 4) is 11.8 Å². The summed E-state index contributed by atoms with van der Waals surface area (Å²) in [6.07, 6.45) is 0. The van der Waals surface area contributed by atoms with E-state index >= 15 is 0 Å². The molecule has 2 rings (SSSR count). The second-order valence-corrected chi connectivity index (χ2v) is 4.59. The van der Waals surface area contributed by atoms with Gasteiger partial charge in [-0.2, -0.15) is 5.26 Å². The first-order valence-electron chi connectivity index (χ1n) is 5.73. The molecule has 19 heavy (non-hydrogen) atoms. The van der Waals surface area contributed by atoms with Crippen LogP contribution in [0.25, 0.3) is 0 Å². The monoisotopic (exact) mass is 317 g/mol. The lowest BCUT2D eigenvalue weighted by Crippen LogP contribution is -2.02. The third-order valence-electron chi connectivity index (χ3n) is 2.38. The molecule has 0 fully saturated rings. The summed E-state index contributed by atoms with van der Waals surface area (Å²) in [5.41, 5.74) is 1.87. The third-order valence-corrected chi connectivity index (χ3v) is 2.83. The predicted octanol–water partition coefficient (Wildman–Crippen LogP) is 3.36. The second-order valence-electron chi connectivity index (χ2n) is 3.78. The fourth-order valence-electron chi connectivity index (χ4n) is 1.55. The van der Waals surface area contributed by atoms with E-state index < -0.39 is 0 Å².